The second kappa shape index (κ2) is 7.35. The number of likely N-dealkylation sites (tertiary alicyclic amines) is 2. The summed E-state index contributed by atoms with van der Waals surface area (Å²) in [5.74, 6) is 0.592. The van der Waals surface area contributed by atoms with Gasteiger partial charge in [-0.2, -0.15) is 0 Å². The number of amides is 2. The van der Waals surface area contributed by atoms with Crippen molar-refractivity contribution in [2.45, 2.75) is 38.5 Å². The lowest BCUT2D eigenvalue weighted by atomic mass is 9.93. The molecule has 0 unspecified atom stereocenters. The fourth-order valence-electron chi connectivity index (χ4n) is 4.17. The molecule has 1 aromatic carbocycles. The third kappa shape index (κ3) is 3.47. The average molecular weight is 372 g/mol. The predicted molar refractivity (Wildman–Crippen MR) is 103 cm³/mol. The number of carbonyl (C=O) groups excluding carboxylic acids is 2. The number of piperidine rings is 2. The Morgan fingerprint density at radius 3 is 2.65 bits per heavy atom. The van der Waals surface area contributed by atoms with Crippen molar-refractivity contribution in [3.05, 3.63) is 29.3 Å². The van der Waals surface area contributed by atoms with Gasteiger partial charge in [-0.1, -0.05) is 12.1 Å². The fraction of sp³-hybridized carbons (Fsp3) is 0.550. The minimum atomic E-state index is -0.0400. The molecule has 2 fully saturated rings. The standard InChI is InChI=1S/C20H25N3O2S/c1-14(24)22-10-5-7-16(13-22)20(25)23-11-4-6-15(12-23)19-21-17-8-2-3-9-18(17)26-19/h2-3,8-9,15-16H,4-7,10-13H2,1H3/t15-,16-/m0/s1. The number of hydrogen-bond donors (Lipinski definition) is 0. The molecular formula is C20H25N3O2S. The van der Waals surface area contributed by atoms with E-state index in [4.69, 9.17) is 4.98 Å². The second-order valence-electron chi connectivity index (χ2n) is 7.45. The first-order valence-corrected chi connectivity index (χ1v) is 10.3. The van der Waals surface area contributed by atoms with Crippen LogP contribution in [-0.4, -0.2) is 52.8 Å². The molecule has 0 radical (unpaired) electrons. The van der Waals surface area contributed by atoms with E-state index in [2.05, 4.69) is 12.1 Å². The van der Waals surface area contributed by atoms with Crippen molar-refractivity contribution < 1.29 is 9.59 Å². The maximum absolute atomic E-state index is 13.0. The summed E-state index contributed by atoms with van der Waals surface area (Å²) in [5.41, 5.74) is 1.06. The lowest BCUT2D eigenvalue weighted by Crippen LogP contribution is -2.48. The Balaban J connectivity index is 1.46. The van der Waals surface area contributed by atoms with Crippen molar-refractivity contribution >= 4 is 33.4 Å². The van der Waals surface area contributed by atoms with E-state index < -0.39 is 0 Å². The third-order valence-electron chi connectivity index (χ3n) is 5.61. The van der Waals surface area contributed by atoms with E-state index in [1.165, 1.54) is 4.70 Å². The molecule has 2 aliphatic heterocycles. The molecule has 3 heterocycles. The molecule has 2 atom stereocenters. The van der Waals surface area contributed by atoms with Gasteiger partial charge in [0.25, 0.3) is 0 Å². The summed E-state index contributed by atoms with van der Waals surface area (Å²) in [6, 6.07) is 8.23. The first kappa shape index (κ1) is 17.5. The Bertz CT molecular complexity index is 785. The molecule has 138 valence electrons. The van der Waals surface area contributed by atoms with Crippen LogP contribution in [0.4, 0.5) is 0 Å². The van der Waals surface area contributed by atoms with Gasteiger partial charge in [-0.25, -0.2) is 4.98 Å². The maximum atomic E-state index is 13.0. The molecule has 0 spiro atoms. The number of carbonyl (C=O) groups is 2. The monoisotopic (exact) mass is 371 g/mol. The Morgan fingerprint density at radius 1 is 1.08 bits per heavy atom. The normalized spacial score (nSPS) is 24.0. The van der Waals surface area contributed by atoms with Crippen molar-refractivity contribution in [2.75, 3.05) is 26.2 Å². The molecule has 26 heavy (non-hydrogen) atoms. The minimum Gasteiger partial charge on any atom is -0.342 e. The van der Waals surface area contributed by atoms with E-state index in [1.54, 1.807) is 18.3 Å². The zero-order valence-corrected chi connectivity index (χ0v) is 16.0. The van der Waals surface area contributed by atoms with Crippen molar-refractivity contribution in [3.63, 3.8) is 0 Å². The molecular weight excluding hydrogens is 346 g/mol. The highest BCUT2D eigenvalue weighted by atomic mass is 32.1. The summed E-state index contributed by atoms with van der Waals surface area (Å²) < 4.78 is 1.22. The molecule has 2 amide bonds. The van der Waals surface area contributed by atoms with Gasteiger partial charge < -0.3 is 9.80 Å². The van der Waals surface area contributed by atoms with Gasteiger partial charge in [0.2, 0.25) is 11.8 Å². The van der Waals surface area contributed by atoms with Gasteiger partial charge in [-0.3, -0.25) is 9.59 Å². The molecule has 2 aromatic rings. The number of fused-ring (bicyclic) bond motifs is 1. The highest BCUT2D eigenvalue weighted by Gasteiger charge is 2.33. The zero-order chi connectivity index (χ0) is 18.1. The topological polar surface area (TPSA) is 53.5 Å². The fourth-order valence-corrected chi connectivity index (χ4v) is 5.26. The highest BCUT2D eigenvalue weighted by Crippen LogP contribution is 2.33. The second-order valence-corrected chi connectivity index (χ2v) is 8.51. The number of benzene rings is 1. The summed E-state index contributed by atoms with van der Waals surface area (Å²) in [4.78, 5) is 33.3. The van der Waals surface area contributed by atoms with Crippen LogP contribution in [0.25, 0.3) is 10.2 Å². The van der Waals surface area contributed by atoms with E-state index in [-0.39, 0.29) is 17.7 Å². The Labute approximate surface area is 158 Å². The van der Waals surface area contributed by atoms with Crippen LogP contribution < -0.4 is 0 Å². The number of nitrogens with zero attached hydrogens (tertiary/aromatic N) is 3. The lowest BCUT2D eigenvalue weighted by Gasteiger charge is -2.37. The summed E-state index contributed by atoms with van der Waals surface area (Å²) in [7, 11) is 0. The molecule has 0 aliphatic carbocycles. The minimum absolute atomic E-state index is 0.0400. The molecule has 6 heteroatoms. The third-order valence-corrected chi connectivity index (χ3v) is 6.81. The quantitative estimate of drug-likeness (QED) is 0.814. The van der Waals surface area contributed by atoms with Crippen molar-refractivity contribution in [1.82, 2.24) is 14.8 Å². The van der Waals surface area contributed by atoms with E-state index in [0.717, 1.165) is 55.8 Å². The van der Waals surface area contributed by atoms with Gasteiger partial charge in [0.15, 0.2) is 0 Å². The average Bonchev–Trinajstić information content (AvgIpc) is 3.12. The van der Waals surface area contributed by atoms with Crippen molar-refractivity contribution in [1.29, 1.82) is 0 Å². The Kier molecular flexibility index (Phi) is 4.94. The largest absolute Gasteiger partial charge is 0.342 e. The van der Waals surface area contributed by atoms with E-state index in [1.807, 2.05) is 21.9 Å². The number of hydrogen-bond acceptors (Lipinski definition) is 4. The summed E-state index contributed by atoms with van der Waals surface area (Å²) in [6.07, 6.45) is 3.93. The predicted octanol–water partition coefficient (Wildman–Crippen LogP) is 3.26. The maximum Gasteiger partial charge on any atom is 0.227 e. The molecule has 5 nitrogen and oxygen atoms in total. The first-order valence-electron chi connectivity index (χ1n) is 9.51. The lowest BCUT2D eigenvalue weighted by molar-refractivity contribution is -0.141. The van der Waals surface area contributed by atoms with Gasteiger partial charge in [-0.05, 0) is 37.8 Å². The Hall–Kier alpha value is -1.95. The van der Waals surface area contributed by atoms with Crippen LogP contribution in [0.5, 0.6) is 0 Å². The van der Waals surface area contributed by atoms with Crippen LogP contribution in [0.15, 0.2) is 24.3 Å². The zero-order valence-electron chi connectivity index (χ0n) is 15.2. The van der Waals surface area contributed by atoms with Crippen molar-refractivity contribution in [3.8, 4) is 0 Å². The van der Waals surface area contributed by atoms with Crippen LogP contribution in [0, 0.1) is 5.92 Å². The molecule has 4 rings (SSSR count). The van der Waals surface area contributed by atoms with Crippen LogP contribution in [0.2, 0.25) is 0 Å². The van der Waals surface area contributed by atoms with Gasteiger partial charge in [-0.15, -0.1) is 11.3 Å². The molecule has 2 aliphatic rings. The number of para-hydroxylation sites is 1. The van der Waals surface area contributed by atoms with Crippen LogP contribution in [0.1, 0.15) is 43.5 Å². The van der Waals surface area contributed by atoms with Crippen LogP contribution in [0.3, 0.4) is 0 Å². The summed E-state index contributed by atoms with van der Waals surface area (Å²) in [5, 5.41) is 1.15. The highest BCUT2D eigenvalue weighted by molar-refractivity contribution is 7.18. The van der Waals surface area contributed by atoms with Gasteiger partial charge in [0.05, 0.1) is 21.1 Å². The van der Waals surface area contributed by atoms with E-state index in [0.29, 0.717) is 12.5 Å². The number of rotatable bonds is 2. The Morgan fingerprint density at radius 2 is 1.85 bits per heavy atom. The van der Waals surface area contributed by atoms with E-state index in [9.17, 15) is 9.59 Å². The smallest absolute Gasteiger partial charge is 0.227 e. The molecule has 0 saturated carbocycles. The van der Waals surface area contributed by atoms with Crippen molar-refractivity contribution in [2.24, 2.45) is 5.92 Å². The van der Waals surface area contributed by atoms with Crippen LogP contribution >= 0.6 is 11.3 Å². The first-order chi connectivity index (χ1) is 12.6. The summed E-state index contributed by atoms with van der Waals surface area (Å²) in [6.45, 7) is 4.55. The van der Waals surface area contributed by atoms with Gasteiger partial charge >= 0.3 is 0 Å². The van der Waals surface area contributed by atoms with Gasteiger partial charge in [0, 0.05) is 39.0 Å². The summed E-state index contributed by atoms with van der Waals surface area (Å²) >= 11 is 1.76. The molecule has 1 aromatic heterocycles. The number of thiazole rings is 1. The SMILES string of the molecule is CC(=O)N1CCC[C@H](C(=O)N2CCC[C@H](c3nc4ccccc4s3)C2)C1. The van der Waals surface area contributed by atoms with Crippen LogP contribution in [-0.2, 0) is 9.59 Å². The molecule has 0 bridgehead atoms. The number of aromatic nitrogens is 1. The molecule has 2 saturated heterocycles. The molecule has 0 N–H and O–H groups in total. The van der Waals surface area contributed by atoms with Gasteiger partial charge in [0.1, 0.15) is 0 Å². The van der Waals surface area contributed by atoms with E-state index >= 15 is 0 Å².